The molecule has 1 heterocycles. The zero-order valence-corrected chi connectivity index (χ0v) is 9.56. The van der Waals surface area contributed by atoms with Gasteiger partial charge in [0, 0.05) is 13.1 Å². The van der Waals surface area contributed by atoms with E-state index < -0.39 is 12.6 Å². The lowest BCUT2D eigenvalue weighted by Crippen LogP contribution is -2.51. The fourth-order valence-electron chi connectivity index (χ4n) is 1.56. The van der Waals surface area contributed by atoms with Crippen molar-refractivity contribution in [3.63, 3.8) is 0 Å². The van der Waals surface area contributed by atoms with E-state index in [9.17, 15) is 13.2 Å². The molecule has 0 amide bonds. The summed E-state index contributed by atoms with van der Waals surface area (Å²) < 4.78 is 46.1. The summed E-state index contributed by atoms with van der Waals surface area (Å²) in [6.07, 6.45) is -5.22. The lowest BCUT2D eigenvalue weighted by Gasteiger charge is -2.36. The van der Waals surface area contributed by atoms with Crippen LogP contribution in [0.3, 0.4) is 0 Å². The van der Waals surface area contributed by atoms with Crippen LogP contribution < -0.4 is 5.32 Å². The number of alkyl halides is 3. The van der Waals surface area contributed by atoms with Gasteiger partial charge < -0.3 is 14.8 Å². The van der Waals surface area contributed by atoms with Gasteiger partial charge in [-0.1, -0.05) is 0 Å². The summed E-state index contributed by atoms with van der Waals surface area (Å²) in [5.74, 6) is 0. The largest absolute Gasteiger partial charge is 0.391 e. The first kappa shape index (κ1) is 13.7. The van der Waals surface area contributed by atoms with Crippen molar-refractivity contribution in [3.05, 3.63) is 0 Å². The first-order valence-electron chi connectivity index (χ1n) is 5.31. The van der Waals surface area contributed by atoms with E-state index in [-0.39, 0.29) is 24.9 Å². The third kappa shape index (κ3) is 5.67. The lowest BCUT2D eigenvalue weighted by atomic mass is 10.1. The fraction of sp³-hybridized carbons (Fsp3) is 1.00. The van der Waals surface area contributed by atoms with Gasteiger partial charge in [0.2, 0.25) is 0 Å². The minimum Gasteiger partial charge on any atom is -0.378 e. The second-order valence-corrected chi connectivity index (χ2v) is 4.57. The van der Waals surface area contributed by atoms with Crippen molar-refractivity contribution in [3.8, 4) is 0 Å². The highest BCUT2D eigenvalue weighted by atomic mass is 19.4. The normalized spacial score (nSPS) is 25.7. The van der Waals surface area contributed by atoms with Gasteiger partial charge in [0.1, 0.15) is 0 Å². The second-order valence-electron chi connectivity index (χ2n) is 4.57. The van der Waals surface area contributed by atoms with E-state index in [1.165, 1.54) is 0 Å². The van der Waals surface area contributed by atoms with Crippen LogP contribution in [0.25, 0.3) is 0 Å². The maximum atomic E-state index is 11.8. The molecule has 0 aromatic heterocycles. The van der Waals surface area contributed by atoms with Gasteiger partial charge in [0.05, 0.1) is 31.3 Å². The predicted molar refractivity (Wildman–Crippen MR) is 53.3 cm³/mol. The number of hydrogen-bond donors (Lipinski definition) is 1. The molecule has 1 unspecified atom stereocenters. The molecule has 1 rings (SSSR count). The van der Waals surface area contributed by atoms with Crippen LogP contribution >= 0.6 is 0 Å². The monoisotopic (exact) mass is 241 g/mol. The van der Waals surface area contributed by atoms with E-state index in [0.717, 1.165) is 6.54 Å². The van der Waals surface area contributed by atoms with Crippen molar-refractivity contribution in [2.45, 2.75) is 38.1 Å². The van der Waals surface area contributed by atoms with Crippen LogP contribution in [-0.2, 0) is 9.47 Å². The molecule has 96 valence electrons. The van der Waals surface area contributed by atoms with E-state index in [1.54, 1.807) is 0 Å². The molecule has 16 heavy (non-hydrogen) atoms. The highest BCUT2D eigenvalue weighted by Gasteiger charge is 2.29. The zero-order chi connectivity index (χ0) is 12.2. The molecular formula is C10H18F3NO2. The number of ether oxygens (including phenoxy) is 2. The second kappa shape index (κ2) is 5.33. The summed E-state index contributed by atoms with van der Waals surface area (Å²) in [5.41, 5.74) is -0.281. The Morgan fingerprint density at radius 3 is 2.69 bits per heavy atom. The van der Waals surface area contributed by atoms with Gasteiger partial charge in [0.25, 0.3) is 0 Å². The van der Waals surface area contributed by atoms with Crippen LogP contribution in [-0.4, -0.2) is 44.2 Å². The van der Waals surface area contributed by atoms with Crippen molar-refractivity contribution in [2.75, 3.05) is 26.3 Å². The van der Waals surface area contributed by atoms with Crippen molar-refractivity contribution in [1.29, 1.82) is 0 Å². The van der Waals surface area contributed by atoms with Crippen LogP contribution in [0.4, 0.5) is 13.2 Å². The number of morpholine rings is 1. The average molecular weight is 241 g/mol. The minimum absolute atomic E-state index is 0.169. The maximum Gasteiger partial charge on any atom is 0.391 e. The molecular weight excluding hydrogens is 223 g/mol. The molecule has 0 aromatic rings. The Morgan fingerprint density at radius 2 is 2.12 bits per heavy atom. The summed E-state index contributed by atoms with van der Waals surface area (Å²) in [6.45, 7) is 5.13. The number of nitrogens with one attached hydrogen (secondary N) is 1. The molecule has 1 aliphatic rings. The highest BCUT2D eigenvalue weighted by Crippen LogP contribution is 2.19. The number of rotatable bonds is 4. The van der Waals surface area contributed by atoms with Gasteiger partial charge in [-0.2, -0.15) is 13.2 Å². The summed E-state index contributed by atoms with van der Waals surface area (Å²) >= 11 is 0. The molecule has 3 nitrogen and oxygen atoms in total. The molecule has 0 spiro atoms. The Hall–Kier alpha value is -0.330. The molecule has 1 N–H and O–H groups in total. The summed E-state index contributed by atoms with van der Waals surface area (Å²) in [6, 6.07) is 0. The highest BCUT2D eigenvalue weighted by molar-refractivity contribution is 4.81. The van der Waals surface area contributed by atoms with Crippen LogP contribution in [0, 0.1) is 0 Å². The van der Waals surface area contributed by atoms with Crippen LogP contribution in [0.1, 0.15) is 20.3 Å². The molecule has 0 bridgehead atoms. The third-order valence-electron chi connectivity index (χ3n) is 2.24. The van der Waals surface area contributed by atoms with Gasteiger partial charge in [-0.15, -0.1) is 0 Å². The molecule has 1 atom stereocenters. The molecule has 0 saturated carbocycles. The van der Waals surface area contributed by atoms with Crippen molar-refractivity contribution in [2.24, 2.45) is 0 Å². The first-order valence-corrected chi connectivity index (χ1v) is 5.31. The van der Waals surface area contributed by atoms with Gasteiger partial charge in [-0.25, -0.2) is 0 Å². The smallest absolute Gasteiger partial charge is 0.378 e. The third-order valence-corrected chi connectivity index (χ3v) is 2.24. The van der Waals surface area contributed by atoms with Crippen molar-refractivity contribution < 1.29 is 22.6 Å². The predicted octanol–water partition coefficient (Wildman–Crippen LogP) is 1.72. The summed E-state index contributed by atoms with van der Waals surface area (Å²) in [5, 5.41) is 3.16. The Kier molecular flexibility index (Phi) is 4.58. The van der Waals surface area contributed by atoms with Crippen molar-refractivity contribution in [1.82, 2.24) is 5.32 Å². The van der Waals surface area contributed by atoms with Gasteiger partial charge in [-0.05, 0) is 13.8 Å². The lowest BCUT2D eigenvalue weighted by molar-refractivity contribution is -0.156. The van der Waals surface area contributed by atoms with Gasteiger partial charge >= 0.3 is 6.18 Å². The SMILES string of the molecule is CC1(C)CNCC(COCCC(F)(F)F)O1. The molecule has 1 aliphatic heterocycles. The Morgan fingerprint density at radius 1 is 1.44 bits per heavy atom. The molecule has 1 fully saturated rings. The Balaban J connectivity index is 2.13. The fourth-order valence-corrected chi connectivity index (χ4v) is 1.56. The minimum atomic E-state index is -4.15. The first-order chi connectivity index (χ1) is 7.29. The van der Waals surface area contributed by atoms with E-state index >= 15 is 0 Å². The van der Waals surface area contributed by atoms with E-state index in [2.05, 4.69) is 5.32 Å². The van der Waals surface area contributed by atoms with Crippen LogP contribution in [0.2, 0.25) is 0 Å². The Labute approximate surface area is 93.3 Å². The topological polar surface area (TPSA) is 30.5 Å². The molecule has 6 heteroatoms. The number of hydrogen-bond acceptors (Lipinski definition) is 3. The van der Waals surface area contributed by atoms with E-state index in [4.69, 9.17) is 9.47 Å². The van der Waals surface area contributed by atoms with E-state index in [0.29, 0.717) is 6.54 Å². The summed E-state index contributed by atoms with van der Waals surface area (Å²) in [4.78, 5) is 0. The van der Waals surface area contributed by atoms with Gasteiger partial charge in [-0.3, -0.25) is 0 Å². The molecule has 1 saturated heterocycles. The standard InChI is InChI=1S/C10H18F3NO2/c1-9(2)7-14-5-8(16-9)6-15-4-3-10(11,12)13/h8,14H,3-7H2,1-2H3. The van der Waals surface area contributed by atoms with Gasteiger partial charge in [0.15, 0.2) is 0 Å². The number of halogens is 3. The average Bonchev–Trinajstić information content (AvgIpc) is 2.09. The molecule has 0 aliphatic carbocycles. The van der Waals surface area contributed by atoms with Crippen molar-refractivity contribution >= 4 is 0 Å². The van der Waals surface area contributed by atoms with E-state index in [1.807, 2.05) is 13.8 Å². The summed E-state index contributed by atoms with van der Waals surface area (Å²) in [7, 11) is 0. The molecule has 0 aromatic carbocycles. The maximum absolute atomic E-state index is 11.8. The quantitative estimate of drug-likeness (QED) is 0.760. The molecule has 0 radical (unpaired) electrons. The zero-order valence-electron chi connectivity index (χ0n) is 9.56. The van der Waals surface area contributed by atoms with Crippen LogP contribution in [0.5, 0.6) is 0 Å². The van der Waals surface area contributed by atoms with Crippen LogP contribution in [0.15, 0.2) is 0 Å². The Bertz CT molecular complexity index is 219.